The second-order valence-electron chi connectivity index (χ2n) is 7.55. The molecule has 0 saturated heterocycles. The molecular weight excluding hydrogens is 405 g/mol. The molecule has 0 unspecified atom stereocenters. The molecular formula is C24H16FN7. The number of rotatable bonds is 3. The van der Waals surface area contributed by atoms with Gasteiger partial charge in [0.2, 0.25) is 0 Å². The number of pyridine rings is 3. The minimum absolute atomic E-state index is 0.284. The summed E-state index contributed by atoms with van der Waals surface area (Å²) in [5, 5.41) is 8.42. The number of aryl methyl sites for hydroxylation is 1. The zero-order valence-electron chi connectivity index (χ0n) is 17.0. The van der Waals surface area contributed by atoms with E-state index >= 15 is 0 Å². The fourth-order valence-electron chi connectivity index (χ4n) is 3.86. The van der Waals surface area contributed by atoms with Gasteiger partial charge in [-0.25, -0.2) is 9.37 Å². The summed E-state index contributed by atoms with van der Waals surface area (Å²) in [6.07, 6.45) is 8.80. The molecule has 2 N–H and O–H groups in total. The first-order chi connectivity index (χ1) is 15.7. The highest BCUT2D eigenvalue weighted by molar-refractivity contribution is 5.97. The highest BCUT2D eigenvalue weighted by atomic mass is 19.1. The van der Waals surface area contributed by atoms with E-state index in [-0.39, 0.29) is 5.82 Å². The zero-order valence-corrected chi connectivity index (χ0v) is 17.0. The predicted octanol–water partition coefficient (Wildman–Crippen LogP) is 5.07. The SMILES string of the molecule is Cc1ccncc1-c1cc2c(-c3nc4c(-c5ccc(F)cc5)cncc4[nH]3)n[nH]c2cn1. The number of benzene rings is 1. The van der Waals surface area contributed by atoms with Crippen LogP contribution in [0.2, 0.25) is 0 Å². The fraction of sp³-hybridized carbons (Fsp3) is 0.0417. The smallest absolute Gasteiger partial charge is 0.159 e. The second-order valence-corrected chi connectivity index (χ2v) is 7.55. The molecule has 1 aromatic carbocycles. The molecule has 8 heteroatoms. The van der Waals surface area contributed by atoms with Gasteiger partial charge in [0.15, 0.2) is 5.82 Å². The number of H-pyrrole nitrogens is 2. The third kappa shape index (κ3) is 2.92. The molecule has 6 aromatic rings. The van der Waals surface area contributed by atoms with Crippen LogP contribution in [-0.4, -0.2) is 35.1 Å². The van der Waals surface area contributed by atoms with E-state index in [9.17, 15) is 4.39 Å². The third-order valence-electron chi connectivity index (χ3n) is 5.54. The van der Waals surface area contributed by atoms with Crippen LogP contribution < -0.4 is 0 Å². The van der Waals surface area contributed by atoms with E-state index in [1.807, 2.05) is 25.3 Å². The lowest BCUT2D eigenvalue weighted by atomic mass is 10.1. The Morgan fingerprint density at radius 1 is 0.875 bits per heavy atom. The van der Waals surface area contributed by atoms with Gasteiger partial charge in [0.1, 0.15) is 11.5 Å². The van der Waals surface area contributed by atoms with Crippen LogP contribution in [0.3, 0.4) is 0 Å². The van der Waals surface area contributed by atoms with Gasteiger partial charge >= 0.3 is 0 Å². The van der Waals surface area contributed by atoms with Crippen LogP contribution in [-0.2, 0) is 0 Å². The highest BCUT2D eigenvalue weighted by Gasteiger charge is 2.17. The molecule has 5 aromatic heterocycles. The van der Waals surface area contributed by atoms with Gasteiger partial charge in [0.25, 0.3) is 0 Å². The lowest BCUT2D eigenvalue weighted by Gasteiger charge is -2.04. The van der Waals surface area contributed by atoms with Crippen LogP contribution in [0.4, 0.5) is 4.39 Å². The maximum absolute atomic E-state index is 13.4. The topological polar surface area (TPSA) is 96.0 Å². The highest BCUT2D eigenvalue weighted by Crippen LogP contribution is 2.32. The van der Waals surface area contributed by atoms with E-state index in [0.717, 1.165) is 49.9 Å². The Labute approximate surface area is 181 Å². The Hall–Kier alpha value is -4.46. The molecule has 0 radical (unpaired) electrons. The monoisotopic (exact) mass is 421 g/mol. The summed E-state index contributed by atoms with van der Waals surface area (Å²) in [5.74, 6) is 0.329. The molecule has 0 aliphatic rings. The van der Waals surface area contributed by atoms with E-state index in [1.165, 1.54) is 12.1 Å². The van der Waals surface area contributed by atoms with Gasteiger partial charge in [0.05, 0.1) is 34.6 Å². The molecule has 0 fully saturated rings. The first kappa shape index (κ1) is 18.3. The number of aromatic nitrogens is 7. The van der Waals surface area contributed by atoms with Gasteiger partial charge in [-0.15, -0.1) is 0 Å². The molecule has 0 aliphatic heterocycles. The average molecular weight is 421 g/mol. The lowest BCUT2D eigenvalue weighted by Crippen LogP contribution is -1.89. The van der Waals surface area contributed by atoms with Crippen molar-refractivity contribution < 1.29 is 4.39 Å². The molecule has 0 saturated carbocycles. The normalized spacial score (nSPS) is 11.4. The first-order valence-corrected chi connectivity index (χ1v) is 10.0. The van der Waals surface area contributed by atoms with Crippen molar-refractivity contribution >= 4 is 21.9 Å². The molecule has 0 bridgehead atoms. The van der Waals surface area contributed by atoms with E-state index in [4.69, 9.17) is 4.98 Å². The van der Waals surface area contributed by atoms with Crippen molar-refractivity contribution in [3.8, 4) is 33.9 Å². The van der Waals surface area contributed by atoms with Crippen molar-refractivity contribution in [3.63, 3.8) is 0 Å². The fourth-order valence-corrected chi connectivity index (χ4v) is 3.86. The maximum Gasteiger partial charge on any atom is 0.159 e. The molecule has 6 rings (SSSR count). The molecule has 0 aliphatic carbocycles. The van der Waals surface area contributed by atoms with E-state index < -0.39 is 0 Å². The zero-order chi connectivity index (χ0) is 21.7. The minimum atomic E-state index is -0.284. The van der Waals surface area contributed by atoms with Gasteiger partial charge < -0.3 is 4.98 Å². The Morgan fingerprint density at radius 3 is 2.56 bits per heavy atom. The molecule has 0 spiro atoms. The van der Waals surface area contributed by atoms with Gasteiger partial charge in [-0.1, -0.05) is 12.1 Å². The molecule has 5 heterocycles. The van der Waals surface area contributed by atoms with Gasteiger partial charge in [-0.05, 0) is 42.3 Å². The number of hydrogen-bond donors (Lipinski definition) is 2. The van der Waals surface area contributed by atoms with Gasteiger partial charge in [-0.3, -0.25) is 20.1 Å². The Kier molecular flexibility index (Phi) is 4.04. The molecule has 32 heavy (non-hydrogen) atoms. The van der Waals surface area contributed by atoms with Crippen molar-refractivity contribution in [1.82, 2.24) is 35.1 Å². The van der Waals surface area contributed by atoms with Crippen LogP contribution in [0.15, 0.2) is 67.4 Å². The molecule has 7 nitrogen and oxygen atoms in total. The molecule has 0 amide bonds. The molecule has 0 atom stereocenters. The van der Waals surface area contributed by atoms with Crippen molar-refractivity contribution in [2.24, 2.45) is 0 Å². The van der Waals surface area contributed by atoms with Crippen LogP contribution in [0, 0.1) is 12.7 Å². The summed E-state index contributed by atoms with van der Waals surface area (Å²) < 4.78 is 13.4. The number of nitrogens with zero attached hydrogens (tertiary/aromatic N) is 5. The number of fused-ring (bicyclic) bond motifs is 2. The summed E-state index contributed by atoms with van der Waals surface area (Å²) in [4.78, 5) is 21.3. The Bertz CT molecular complexity index is 1600. The van der Waals surface area contributed by atoms with Crippen molar-refractivity contribution in [2.75, 3.05) is 0 Å². The summed E-state index contributed by atoms with van der Waals surface area (Å²) in [7, 11) is 0. The minimum Gasteiger partial charge on any atom is -0.335 e. The maximum atomic E-state index is 13.4. The second kappa shape index (κ2) is 7.05. The average Bonchev–Trinajstić information content (AvgIpc) is 3.43. The summed E-state index contributed by atoms with van der Waals surface area (Å²) in [5.41, 5.74) is 7.55. The van der Waals surface area contributed by atoms with E-state index in [2.05, 4.69) is 30.1 Å². The first-order valence-electron chi connectivity index (χ1n) is 10.0. The number of halogens is 1. The largest absolute Gasteiger partial charge is 0.335 e. The number of imidazole rings is 1. The van der Waals surface area contributed by atoms with E-state index in [1.54, 1.807) is 36.9 Å². The van der Waals surface area contributed by atoms with Crippen LogP contribution in [0.5, 0.6) is 0 Å². The van der Waals surface area contributed by atoms with Crippen molar-refractivity contribution in [2.45, 2.75) is 6.92 Å². The third-order valence-corrected chi connectivity index (χ3v) is 5.54. The summed E-state index contributed by atoms with van der Waals surface area (Å²) in [6.45, 7) is 2.03. The summed E-state index contributed by atoms with van der Waals surface area (Å²) in [6, 6.07) is 10.2. The van der Waals surface area contributed by atoms with E-state index in [0.29, 0.717) is 11.5 Å². The van der Waals surface area contributed by atoms with Crippen LogP contribution >= 0.6 is 0 Å². The van der Waals surface area contributed by atoms with Crippen LogP contribution in [0.25, 0.3) is 55.8 Å². The molecule has 154 valence electrons. The van der Waals surface area contributed by atoms with Crippen molar-refractivity contribution in [1.29, 1.82) is 0 Å². The summed E-state index contributed by atoms with van der Waals surface area (Å²) >= 11 is 0. The standard InChI is InChI=1S/C24H16FN7/c1-13-6-7-26-9-17(13)19-8-16-20(12-28-19)31-32-23(16)24-29-21-11-27-10-18(22(21)30-24)14-2-4-15(25)5-3-14/h2-12H,1H3,(H,29,30)(H,31,32). The number of nitrogens with one attached hydrogen (secondary N) is 2. The Morgan fingerprint density at radius 2 is 1.72 bits per heavy atom. The van der Waals surface area contributed by atoms with Gasteiger partial charge in [0, 0.05) is 35.1 Å². The van der Waals surface area contributed by atoms with Crippen molar-refractivity contribution in [3.05, 3.63) is 78.8 Å². The quantitative estimate of drug-likeness (QED) is 0.416. The van der Waals surface area contributed by atoms with Crippen LogP contribution in [0.1, 0.15) is 5.56 Å². The Balaban J connectivity index is 1.51. The van der Waals surface area contributed by atoms with Gasteiger partial charge in [-0.2, -0.15) is 5.10 Å². The number of aromatic amines is 2. The predicted molar refractivity (Wildman–Crippen MR) is 120 cm³/mol. The number of hydrogen-bond acceptors (Lipinski definition) is 5. The lowest BCUT2D eigenvalue weighted by molar-refractivity contribution is 0.628.